The van der Waals surface area contributed by atoms with Crippen molar-refractivity contribution in [2.75, 3.05) is 13.7 Å². The summed E-state index contributed by atoms with van der Waals surface area (Å²) in [4.78, 5) is 5.86. The highest BCUT2D eigenvalue weighted by Gasteiger charge is 2.30. The van der Waals surface area contributed by atoms with Crippen LogP contribution >= 0.6 is 11.3 Å². The second-order valence-corrected chi connectivity index (χ2v) is 5.82. The minimum absolute atomic E-state index is 0.509. The summed E-state index contributed by atoms with van der Waals surface area (Å²) in [7, 11) is 1.77. The standard InChI is InChI=1S/C12H20N2OS/c1-8-9(2)16-12(14-8)6-13-11(7-15-3)10-4-5-10/h10-11,13H,4-7H2,1-3H3. The van der Waals surface area contributed by atoms with E-state index in [1.165, 1.54) is 22.7 Å². The van der Waals surface area contributed by atoms with Crippen LogP contribution < -0.4 is 5.32 Å². The molecule has 1 aromatic rings. The molecule has 1 atom stereocenters. The van der Waals surface area contributed by atoms with E-state index in [0.29, 0.717) is 6.04 Å². The molecule has 0 spiro atoms. The molecule has 1 fully saturated rings. The first-order valence-electron chi connectivity index (χ1n) is 5.86. The molecule has 1 heterocycles. The second kappa shape index (κ2) is 5.25. The quantitative estimate of drug-likeness (QED) is 0.828. The monoisotopic (exact) mass is 240 g/mol. The maximum atomic E-state index is 5.24. The van der Waals surface area contributed by atoms with E-state index in [1.807, 2.05) is 0 Å². The summed E-state index contributed by atoms with van der Waals surface area (Å²) < 4.78 is 5.24. The lowest BCUT2D eigenvalue weighted by Gasteiger charge is -2.16. The smallest absolute Gasteiger partial charge is 0.107 e. The molecule has 0 aliphatic heterocycles. The Morgan fingerprint density at radius 2 is 2.25 bits per heavy atom. The van der Waals surface area contributed by atoms with Crippen molar-refractivity contribution in [1.82, 2.24) is 10.3 Å². The molecule has 16 heavy (non-hydrogen) atoms. The molecule has 0 radical (unpaired) electrons. The van der Waals surface area contributed by atoms with Crippen molar-refractivity contribution in [2.24, 2.45) is 5.92 Å². The number of aryl methyl sites for hydroxylation is 2. The molecule has 1 aromatic heterocycles. The van der Waals surface area contributed by atoms with E-state index in [2.05, 4.69) is 24.1 Å². The fourth-order valence-corrected chi connectivity index (χ4v) is 2.76. The average molecular weight is 240 g/mol. The van der Waals surface area contributed by atoms with Gasteiger partial charge in [0.05, 0.1) is 12.3 Å². The van der Waals surface area contributed by atoms with Crippen LogP contribution in [0.25, 0.3) is 0 Å². The number of hydrogen-bond donors (Lipinski definition) is 1. The molecule has 1 unspecified atom stereocenters. The highest BCUT2D eigenvalue weighted by molar-refractivity contribution is 7.11. The van der Waals surface area contributed by atoms with Gasteiger partial charge in [-0.25, -0.2) is 4.98 Å². The second-order valence-electron chi connectivity index (χ2n) is 4.53. The van der Waals surface area contributed by atoms with Gasteiger partial charge in [0.15, 0.2) is 0 Å². The molecule has 1 aliphatic carbocycles. The van der Waals surface area contributed by atoms with Crippen LogP contribution in [0.1, 0.15) is 28.4 Å². The average Bonchev–Trinajstić information content (AvgIpc) is 3.02. The molecule has 3 nitrogen and oxygen atoms in total. The lowest BCUT2D eigenvalue weighted by atomic mass is 10.2. The maximum Gasteiger partial charge on any atom is 0.107 e. The van der Waals surface area contributed by atoms with E-state index >= 15 is 0 Å². The largest absolute Gasteiger partial charge is 0.383 e. The number of aromatic nitrogens is 1. The van der Waals surface area contributed by atoms with E-state index in [4.69, 9.17) is 4.74 Å². The molecular weight excluding hydrogens is 220 g/mol. The zero-order valence-corrected chi connectivity index (χ0v) is 11.1. The molecular formula is C12H20N2OS. The van der Waals surface area contributed by atoms with Crippen molar-refractivity contribution >= 4 is 11.3 Å². The molecule has 90 valence electrons. The molecule has 0 saturated heterocycles. The van der Waals surface area contributed by atoms with Crippen LogP contribution in [-0.2, 0) is 11.3 Å². The third-order valence-electron chi connectivity index (χ3n) is 3.13. The van der Waals surface area contributed by atoms with Gasteiger partial charge in [-0.15, -0.1) is 11.3 Å². The van der Waals surface area contributed by atoms with Crippen molar-refractivity contribution in [3.8, 4) is 0 Å². The van der Waals surface area contributed by atoms with E-state index in [1.54, 1.807) is 18.4 Å². The first-order valence-corrected chi connectivity index (χ1v) is 6.67. The zero-order valence-electron chi connectivity index (χ0n) is 10.2. The summed E-state index contributed by atoms with van der Waals surface area (Å²) in [5.41, 5.74) is 1.16. The van der Waals surface area contributed by atoms with Crippen molar-refractivity contribution in [1.29, 1.82) is 0 Å². The van der Waals surface area contributed by atoms with E-state index in [-0.39, 0.29) is 0 Å². The van der Waals surface area contributed by atoms with E-state index in [9.17, 15) is 0 Å². The van der Waals surface area contributed by atoms with Crippen LogP contribution in [0.3, 0.4) is 0 Å². The summed E-state index contributed by atoms with van der Waals surface area (Å²) in [5.74, 6) is 0.821. The van der Waals surface area contributed by atoms with Crippen LogP contribution in [0.5, 0.6) is 0 Å². The Kier molecular flexibility index (Phi) is 3.95. The van der Waals surface area contributed by atoms with Gasteiger partial charge in [-0.3, -0.25) is 0 Å². The fourth-order valence-electron chi connectivity index (χ4n) is 1.87. The molecule has 0 bridgehead atoms. The Hall–Kier alpha value is -0.450. The first-order chi connectivity index (χ1) is 7.70. The maximum absolute atomic E-state index is 5.24. The molecule has 1 aliphatic rings. The molecule has 1 N–H and O–H groups in total. The summed E-state index contributed by atoms with van der Waals surface area (Å²) >= 11 is 1.79. The molecule has 0 aromatic carbocycles. The summed E-state index contributed by atoms with van der Waals surface area (Å²) in [6.07, 6.45) is 2.69. The fraction of sp³-hybridized carbons (Fsp3) is 0.750. The lowest BCUT2D eigenvalue weighted by Crippen LogP contribution is -2.34. The van der Waals surface area contributed by atoms with Crippen LogP contribution in [0.2, 0.25) is 0 Å². The third kappa shape index (κ3) is 3.03. The number of methoxy groups -OCH3 is 1. The zero-order chi connectivity index (χ0) is 11.5. The Labute approximate surface area is 101 Å². The SMILES string of the molecule is COCC(NCc1nc(C)c(C)s1)C1CC1. The normalized spacial score (nSPS) is 17.7. The van der Waals surface area contributed by atoms with Crippen LogP contribution in [-0.4, -0.2) is 24.7 Å². The Morgan fingerprint density at radius 3 is 2.75 bits per heavy atom. The van der Waals surface area contributed by atoms with Gasteiger partial charge in [0, 0.05) is 24.6 Å². The Balaban J connectivity index is 1.84. The van der Waals surface area contributed by atoms with Gasteiger partial charge in [0.2, 0.25) is 0 Å². The number of ether oxygens (including phenoxy) is 1. The van der Waals surface area contributed by atoms with Crippen LogP contribution in [0.15, 0.2) is 0 Å². The predicted molar refractivity (Wildman–Crippen MR) is 66.8 cm³/mol. The van der Waals surface area contributed by atoms with Crippen molar-refractivity contribution in [3.63, 3.8) is 0 Å². The number of hydrogen-bond acceptors (Lipinski definition) is 4. The predicted octanol–water partition coefficient (Wildman–Crippen LogP) is 2.27. The lowest BCUT2D eigenvalue weighted by molar-refractivity contribution is 0.157. The highest BCUT2D eigenvalue weighted by atomic mass is 32.1. The Morgan fingerprint density at radius 1 is 1.50 bits per heavy atom. The van der Waals surface area contributed by atoms with E-state index in [0.717, 1.165) is 24.8 Å². The van der Waals surface area contributed by atoms with Gasteiger partial charge in [-0.05, 0) is 32.6 Å². The minimum Gasteiger partial charge on any atom is -0.383 e. The van der Waals surface area contributed by atoms with Gasteiger partial charge < -0.3 is 10.1 Å². The summed E-state index contributed by atoms with van der Waals surface area (Å²) in [5, 5.41) is 4.75. The number of nitrogens with zero attached hydrogens (tertiary/aromatic N) is 1. The van der Waals surface area contributed by atoms with Crippen molar-refractivity contribution in [3.05, 3.63) is 15.6 Å². The van der Waals surface area contributed by atoms with Crippen LogP contribution in [0, 0.1) is 19.8 Å². The number of rotatable bonds is 6. The Bertz CT molecular complexity index is 327. The third-order valence-corrected chi connectivity index (χ3v) is 4.20. The van der Waals surface area contributed by atoms with Gasteiger partial charge >= 0.3 is 0 Å². The van der Waals surface area contributed by atoms with Gasteiger partial charge in [-0.1, -0.05) is 0 Å². The van der Waals surface area contributed by atoms with Gasteiger partial charge in [-0.2, -0.15) is 0 Å². The van der Waals surface area contributed by atoms with Crippen molar-refractivity contribution < 1.29 is 4.74 Å². The molecule has 1 saturated carbocycles. The van der Waals surface area contributed by atoms with Gasteiger partial charge in [0.1, 0.15) is 5.01 Å². The molecule has 2 rings (SSSR count). The van der Waals surface area contributed by atoms with Crippen LogP contribution in [0.4, 0.5) is 0 Å². The molecule has 4 heteroatoms. The molecule has 0 amide bonds. The highest BCUT2D eigenvalue weighted by Crippen LogP contribution is 2.33. The summed E-state index contributed by atoms with van der Waals surface area (Å²) in [6.45, 7) is 5.89. The first kappa shape index (κ1) is 12.0. The number of nitrogens with one attached hydrogen (secondary N) is 1. The van der Waals surface area contributed by atoms with Crippen molar-refractivity contribution in [2.45, 2.75) is 39.3 Å². The summed E-state index contributed by atoms with van der Waals surface area (Å²) in [6, 6.07) is 0.509. The van der Waals surface area contributed by atoms with Gasteiger partial charge in [0.25, 0.3) is 0 Å². The number of thiazole rings is 1. The minimum atomic E-state index is 0.509. The van der Waals surface area contributed by atoms with E-state index < -0.39 is 0 Å². The topological polar surface area (TPSA) is 34.1 Å².